The molecule has 1 amide bonds. The average molecular weight is 437 g/mol. The van der Waals surface area contributed by atoms with Gasteiger partial charge >= 0.3 is 0 Å². The lowest BCUT2D eigenvalue weighted by Crippen LogP contribution is -2.30. The Morgan fingerprint density at radius 2 is 2.12 bits per heavy atom. The van der Waals surface area contributed by atoms with Crippen LogP contribution >= 0.6 is 0 Å². The number of rotatable bonds is 6. The van der Waals surface area contributed by atoms with E-state index in [1.165, 1.54) is 6.20 Å². The van der Waals surface area contributed by atoms with Crippen LogP contribution in [0.2, 0.25) is 0 Å². The standard InChI is InChI=1S/C23H21F2N5O2/c1-13-20(11-27-14(2)29-13)32-12-23(16-4-5-18(24)19(25)7-16)8-17(23)22(31)30-21-6-3-15(9-26)10-28-21/h3-6,10-11,16-17H,7-8,12H2,1-2H3,(H,28,30,31)/t16?,17-,23+/m0/s1. The molecule has 0 spiro atoms. The molecule has 3 atom stereocenters. The number of carbonyl (C=O) groups excluding carboxylic acids is 1. The molecule has 2 heterocycles. The van der Waals surface area contributed by atoms with E-state index in [1.54, 1.807) is 38.3 Å². The molecule has 1 N–H and O–H groups in total. The molecule has 9 heteroatoms. The van der Waals surface area contributed by atoms with Crippen LogP contribution in [0.4, 0.5) is 14.6 Å². The number of hydrogen-bond donors (Lipinski definition) is 1. The second-order valence-corrected chi connectivity index (χ2v) is 8.10. The topological polar surface area (TPSA) is 101 Å². The molecule has 32 heavy (non-hydrogen) atoms. The molecule has 0 radical (unpaired) electrons. The summed E-state index contributed by atoms with van der Waals surface area (Å²) in [5, 5.41) is 11.6. The summed E-state index contributed by atoms with van der Waals surface area (Å²) >= 11 is 0. The number of amides is 1. The molecular weight excluding hydrogens is 416 g/mol. The molecule has 7 nitrogen and oxygen atoms in total. The predicted octanol–water partition coefficient (Wildman–Crippen LogP) is 4.11. The van der Waals surface area contributed by atoms with E-state index in [0.717, 1.165) is 6.08 Å². The summed E-state index contributed by atoms with van der Waals surface area (Å²) in [6, 6.07) is 5.07. The van der Waals surface area contributed by atoms with Gasteiger partial charge in [-0.3, -0.25) is 4.79 Å². The van der Waals surface area contributed by atoms with Crippen LogP contribution in [-0.4, -0.2) is 27.5 Å². The number of aromatic nitrogens is 3. The fourth-order valence-electron chi connectivity index (χ4n) is 4.07. The zero-order chi connectivity index (χ0) is 22.9. The zero-order valence-electron chi connectivity index (χ0n) is 17.6. The molecular formula is C23H21F2N5O2. The lowest BCUT2D eigenvalue weighted by Gasteiger charge is -2.27. The number of halogens is 2. The Morgan fingerprint density at radius 3 is 2.78 bits per heavy atom. The number of carbonyl (C=O) groups is 1. The first-order valence-electron chi connectivity index (χ1n) is 10.1. The third-order valence-corrected chi connectivity index (χ3v) is 6.00. The summed E-state index contributed by atoms with van der Waals surface area (Å²) in [5.41, 5.74) is 0.333. The Labute approximate surface area is 183 Å². The molecule has 1 saturated carbocycles. The lowest BCUT2D eigenvalue weighted by atomic mass is 9.82. The van der Waals surface area contributed by atoms with Crippen LogP contribution in [0.5, 0.6) is 5.75 Å². The molecule has 1 fully saturated rings. The van der Waals surface area contributed by atoms with Crippen LogP contribution in [0.25, 0.3) is 0 Å². The van der Waals surface area contributed by atoms with Crippen molar-refractivity contribution in [1.82, 2.24) is 15.0 Å². The number of ether oxygens (including phenoxy) is 1. The molecule has 2 aromatic rings. The largest absolute Gasteiger partial charge is 0.489 e. The number of nitriles is 1. The van der Waals surface area contributed by atoms with Crippen LogP contribution < -0.4 is 10.1 Å². The minimum Gasteiger partial charge on any atom is -0.489 e. The molecule has 1 unspecified atom stereocenters. The first-order chi connectivity index (χ1) is 15.3. The maximum atomic E-state index is 14.1. The number of anilines is 1. The molecule has 4 rings (SSSR count). The maximum absolute atomic E-state index is 14.1. The Bertz CT molecular complexity index is 1160. The summed E-state index contributed by atoms with van der Waals surface area (Å²) in [4.78, 5) is 25.4. The number of aryl methyl sites for hydroxylation is 2. The predicted molar refractivity (Wildman–Crippen MR) is 112 cm³/mol. The summed E-state index contributed by atoms with van der Waals surface area (Å²) in [6.45, 7) is 3.69. The third-order valence-electron chi connectivity index (χ3n) is 6.00. The maximum Gasteiger partial charge on any atom is 0.229 e. The summed E-state index contributed by atoms with van der Waals surface area (Å²) in [5.74, 6) is -1.47. The average Bonchev–Trinajstić information content (AvgIpc) is 3.51. The highest BCUT2D eigenvalue weighted by atomic mass is 19.2. The minimum absolute atomic E-state index is 0.128. The van der Waals surface area contributed by atoms with Crippen molar-refractivity contribution in [3.05, 3.63) is 65.4 Å². The number of hydrogen-bond acceptors (Lipinski definition) is 6. The first kappa shape index (κ1) is 21.6. The van der Waals surface area contributed by atoms with E-state index in [0.29, 0.717) is 35.1 Å². The molecule has 2 aromatic heterocycles. The molecule has 0 aromatic carbocycles. The van der Waals surface area contributed by atoms with E-state index in [2.05, 4.69) is 20.3 Å². The highest BCUT2D eigenvalue weighted by Gasteiger charge is 2.62. The van der Waals surface area contributed by atoms with Gasteiger partial charge in [0, 0.05) is 24.0 Å². The quantitative estimate of drug-likeness (QED) is 0.730. The smallest absolute Gasteiger partial charge is 0.229 e. The Morgan fingerprint density at radius 1 is 1.31 bits per heavy atom. The van der Waals surface area contributed by atoms with Crippen LogP contribution in [-0.2, 0) is 4.79 Å². The van der Waals surface area contributed by atoms with Gasteiger partial charge in [-0.25, -0.2) is 23.7 Å². The van der Waals surface area contributed by atoms with Crippen LogP contribution in [0.1, 0.15) is 29.9 Å². The Balaban J connectivity index is 1.53. The molecule has 2 aliphatic carbocycles. The van der Waals surface area contributed by atoms with Gasteiger partial charge in [-0.15, -0.1) is 0 Å². The van der Waals surface area contributed by atoms with Crippen molar-refractivity contribution in [2.75, 3.05) is 11.9 Å². The third kappa shape index (κ3) is 4.21. The second kappa shape index (κ2) is 8.46. The van der Waals surface area contributed by atoms with Gasteiger partial charge in [0.2, 0.25) is 5.91 Å². The fraction of sp³-hybridized carbons (Fsp3) is 0.348. The Kier molecular flexibility index (Phi) is 5.70. The molecule has 2 aliphatic rings. The van der Waals surface area contributed by atoms with Gasteiger partial charge in [0.15, 0.2) is 11.6 Å². The van der Waals surface area contributed by atoms with E-state index >= 15 is 0 Å². The summed E-state index contributed by atoms with van der Waals surface area (Å²) in [6.07, 6.45) is 5.97. The van der Waals surface area contributed by atoms with Crippen molar-refractivity contribution < 1.29 is 18.3 Å². The van der Waals surface area contributed by atoms with Gasteiger partial charge < -0.3 is 10.1 Å². The van der Waals surface area contributed by atoms with Gasteiger partial charge in [0.25, 0.3) is 0 Å². The number of pyridine rings is 1. The van der Waals surface area contributed by atoms with Gasteiger partial charge in [-0.05, 0) is 44.4 Å². The van der Waals surface area contributed by atoms with Gasteiger partial charge in [0.05, 0.1) is 24.1 Å². The fourth-order valence-corrected chi connectivity index (χ4v) is 4.07. The molecule has 0 bridgehead atoms. The molecule has 164 valence electrons. The van der Waals surface area contributed by atoms with E-state index in [4.69, 9.17) is 10.00 Å². The van der Waals surface area contributed by atoms with E-state index in [9.17, 15) is 13.6 Å². The van der Waals surface area contributed by atoms with Crippen LogP contribution in [0, 0.1) is 42.4 Å². The van der Waals surface area contributed by atoms with Crippen molar-refractivity contribution in [1.29, 1.82) is 5.26 Å². The highest BCUT2D eigenvalue weighted by Crippen LogP contribution is 2.61. The monoisotopic (exact) mass is 437 g/mol. The minimum atomic E-state index is -0.886. The zero-order valence-corrected chi connectivity index (χ0v) is 17.6. The number of allylic oxidation sites excluding steroid dienone is 4. The van der Waals surface area contributed by atoms with Gasteiger partial charge in [-0.1, -0.05) is 6.08 Å². The van der Waals surface area contributed by atoms with E-state index < -0.39 is 28.9 Å². The van der Waals surface area contributed by atoms with Crippen molar-refractivity contribution in [2.24, 2.45) is 17.3 Å². The van der Waals surface area contributed by atoms with Crippen molar-refractivity contribution in [3.63, 3.8) is 0 Å². The van der Waals surface area contributed by atoms with E-state index in [1.807, 2.05) is 6.07 Å². The first-order valence-corrected chi connectivity index (χ1v) is 10.1. The Hall–Kier alpha value is -3.67. The summed E-state index contributed by atoms with van der Waals surface area (Å²) < 4.78 is 33.6. The van der Waals surface area contributed by atoms with E-state index in [-0.39, 0.29) is 18.9 Å². The van der Waals surface area contributed by atoms with Crippen molar-refractivity contribution >= 4 is 11.7 Å². The van der Waals surface area contributed by atoms with Crippen molar-refractivity contribution in [2.45, 2.75) is 26.7 Å². The normalized spacial score (nSPS) is 24.1. The lowest BCUT2D eigenvalue weighted by molar-refractivity contribution is -0.118. The molecule has 0 aliphatic heterocycles. The number of nitrogens with one attached hydrogen (secondary N) is 1. The van der Waals surface area contributed by atoms with Crippen LogP contribution in [0.3, 0.4) is 0 Å². The SMILES string of the molecule is Cc1ncc(OC[C@@]2(C3C=CC(F)=C(F)C3)C[C@H]2C(=O)Nc2ccc(C#N)cn2)c(C)n1. The van der Waals surface area contributed by atoms with Crippen LogP contribution in [0.15, 0.2) is 48.3 Å². The number of nitrogens with zero attached hydrogens (tertiary/aromatic N) is 4. The second-order valence-electron chi connectivity index (χ2n) is 8.10. The molecule has 0 saturated heterocycles. The summed E-state index contributed by atoms with van der Waals surface area (Å²) in [7, 11) is 0. The van der Waals surface area contributed by atoms with Gasteiger partial charge in [-0.2, -0.15) is 5.26 Å². The van der Waals surface area contributed by atoms with Gasteiger partial charge in [0.1, 0.15) is 23.5 Å². The highest BCUT2D eigenvalue weighted by molar-refractivity contribution is 5.94. The van der Waals surface area contributed by atoms with Crippen molar-refractivity contribution in [3.8, 4) is 11.8 Å².